The normalized spacial score (nSPS) is 12.1. The maximum atomic E-state index is 12.2. The van der Waals surface area contributed by atoms with E-state index in [9.17, 15) is 4.79 Å². The monoisotopic (exact) mass is 261 g/mol. The fourth-order valence-corrected chi connectivity index (χ4v) is 2.47. The minimum absolute atomic E-state index is 0.0285. The topological polar surface area (TPSA) is 59.2 Å². The van der Waals surface area contributed by atoms with Crippen LogP contribution in [0.3, 0.4) is 0 Å². The van der Waals surface area contributed by atoms with E-state index in [0.29, 0.717) is 11.5 Å². The molecule has 94 valence electrons. The Labute approximate surface area is 110 Å². The summed E-state index contributed by atoms with van der Waals surface area (Å²) < 4.78 is 0. The summed E-state index contributed by atoms with van der Waals surface area (Å²) in [6.45, 7) is 2.00. The summed E-state index contributed by atoms with van der Waals surface area (Å²) in [5, 5.41) is 2.00. The van der Waals surface area contributed by atoms with E-state index in [1.807, 2.05) is 24.4 Å². The lowest BCUT2D eigenvalue weighted by Gasteiger charge is -2.23. The first kappa shape index (κ1) is 12.6. The number of aromatic nitrogens is 1. The third kappa shape index (κ3) is 2.51. The van der Waals surface area contributed by atoms with Gasteiger partial charge in [-0.25, -0.2) is 4.98 Å². The zero-order valence-corrected chi connectivity index (χ0v) is 11.1. The smallest absolute Gasteiger partial charge is 0.272 e. The molecule has 5 heteroatoms. The minimum atomic E-state index is -0.122. The van der Waals surface area contributed by atoms with Crippen LogP contribution in [0.25, 0.3) is 0 Å². The van der Waals surface area contributed by atoms with Gasteiger partial charge in [0.1, 0.15) is 11.5 Å². The van der Waals surface area contributed by atoms with Crippen LogP contribution in [0.15, 0.2) is 35.7 Å². The molecule has 0 saturated heterocycles. The zero-order chi connectivity index (χ0) is 13.1. The molecule has 0 aliphatic rings. The first-order valence-electron chi connectivity index (χ1n) is 5.62. The predicted molar refractivity (Wildman–Crippen MR) is 73.5 cm³/mol. The molecule has 0 fully saturated rings. The van der Waals surface area contributed by atoms with Crippen LogP contribution in [0, 0.1) is 0 Å². The molecule has 1 amide bonds. The lowest BCUT2D eigenvalue weighted by atomic mass is 10.2. The molecule has 2 heterocycles. The van der Waals surface area contributed by atoms with Crippen LogP contribution in [0.1, 0.15) is 28.3 Å². The zero-order valence-electron chi connectivity index (χ0n) is 10.3. The summed E-state index contributed by atoms with van der Waals surface area (Å²) in [5.41, 5.74) is 5.96. The van der Waals surface area contributed by atoms with Gasteiger partial charge in [-0.15, -0.1) is 11.3 Å². The number of hydrogen-bond acceptors (Lipinski definition) is 4. The van der Waals surface area contributed by atoms with E-state index in [1.54, 1.807) is 41.5 Å². The Kier molecular flexibility index (Phi) is 3.62. The largest absolute Gasteiger partial charge is 0.384 e. The van der Waals surface area contributed by atoms with E-state index in [1.165, 1.54) is 0 Å². The molecule has 0 aliphatic heterocycles. The molecule has 18 heavy (non-hydrogen) atoms. The van der Waals surface area contributed by atoms with Crippen molar-refractivity contribution in [2.45, 2.75) is 13.0 Å². The van der Waals surface area contributed by atoms with Crippen molar-refractivity contribution in [2.75, 3.05) is 12.8 Å². The fourth-order valence-electron chi connectivity index (χ4n) is 1.65. The van der Waals surface area contributed by atoms with Crippen molar-refractivity contribution < 1.29 is 4.79 Å². The number of thiophene rings is 1. The Morgan fingerprint density at radius 1 is 1.39 bits per heavy atom. The summed E-state index contributed by atoms with van der Waals surface area (Å²) in [7, 11) is 1.78. The van der Waals surface area contributed by atoms with Crippen LogP contribution in [0.4, 0.5) is 5.82 Å². The molecule has 2 rings (SSSR count). The van der Waals surface area contributed by atoms with Gasteiger partial charge in [0.25, 0.3) is 5.91 Å². The molecule has 1 atom stereocenters. The predicted octanol–water partition coefficient (Wildman–Crippen LogP) is 2.56. The van der Waals surface area contributed by atoms with Crippen LogP contribution in [-0.2, 0) is 0 Å². The van der Waals surface area contributed by atoms with Gasteiger partial charge < -0.3 is 10.6 Å². The molecule has 0 bridgehead atoms. The molecule has 4 nitrogen and oxygen atoms in total. The van der Waals surface area contributed by atoms with Gasteiger partial charge in [0.05, 0.1) is 6.04 Å². The Balaban J connectivity index is 2.19. The van der Waals surface area contributed by atoms with Crippen molar-refractivity contribution in [3.63, 3.8) is 0 Å². The van der Waals surface area contributed by atoms with Crippen molar-refractivity contribution in [1.29, 1.82) is 0 Å². The highest BCUT2D eigenvalue weighted by Gasteiger charge is 2.20. The molecular weight excluding hydrogens is 246 g/mol. The average Bonchev–Trinajstić information content (AvgIpc) is 2.90. The Morgan fingerprint density at radius 2 is 2.17 bits per heavy atom. The summed E-state index contributed by atoms with van der Waals surface area (Å²) in [6, 6.07) is 9.11. The van der Waals surface area contributed by atoms with Gasteiger partial charge in [-0.05, 0) is 30.5 Å². The second kappa shape index (κ2) is 5.18. The first-order valence-corrected chi connectivity index (χ1v) is 6.50. The average molecular weight is 261 g/mol. The highest BCUT2D eigenvalue weighted by Crippen LogP contribution is 2.24. The third-order valence-corrected chi connectivity index (χ3v) is 3.89. The van der Waals surface area contributed by atoms with E-state index in [4.69, 9.17) is 5.73 Å². The number of carbonyl (C=O) groups excluding carboxylic acids is 1. The van der Waals surface area contributed by atoms with Gasteiger partial charge in [-0.3, -0.25) is 4.79 Å². The molecule has 0 saturated carbocycles. The van der Waals surface area contributed by atoms with E-state index >= 15 is 0 Å². The number of hydrogen-bond donors (Lipinski definition) is 1. The minimum Gasteiger partial charge on any atom is -0.384 e. The van der Waals surface area contributed by atoms with Gasteiger partial charge in [0, 0.05) is 11.9 Å². The Bertz CT molecular complexity index is 539. The van der Waals surface area contributed by atoms with E-state index in [0.717, 1.165) is 4.88 Å². The molecule has 1 unspecified atom stereocenters. The van der Waals surface area contributed by atoms with Gasteiger partial charge in [0.15, 0.2) is 0 Å². The Morgan fingerprint density at radius 3 is 2.78 bits per heavy atom. The maximum Gasteiger partial charge on any atom is 0.272 e. The molecule has 2 aromatic rings. The summed E-state index contributed by atoms with van der Waals surface area (Å²) >= 11 is 1.64. The van der Waals surface area contributed by atoms with Crippen LogP contribution >= 0.6 is 11.3 Å². The number of nitrogens with zero attached hydrogens (tertiary/aromatic N) is 2. The number of anilines is 1. The quantitative estimate of drug-likeness (QED) is 0.923. The SMILES string of the molecule is CC(c1cccs1)N(C)C(=O)c1cccc(N)n1. The lowest BCUT2D eigenvalue weighted by molar-refractivity contribution is 0.0739. The number of nitrogen functional groups attached to an aromatic ring is 1. The number of nitrogens with two attached hydrogens (primary N) is 1. The second-order valence-electron chi connectivity index (χ2n) is 4.06. The van der Waals surface area contributed by atoms with Crippen molar-refractivity contribution in [1.82, 2.24) is 9.88 Å². The van der Waals surface area contributed by atoms with Crippen molar-refractivity contribution >= 4 is 23.1 Å². The van der Waals surface area contributed by atoms with Gasteiger partial charge in [-0.2, -0.15) is 0 Å². The molecule has 2 aromatic heterocycles. The number of amides is 1. The van der Waals surface area contributed by atoms with Crippen molar-refractivity contribution in [3.05, 3.63) is 46.3 Å². The van der Waals surface area contributed by atoms with Crippen LogP contribution in [0.2, 0.25) is 0 Å². The highest BCUT2D eigenvalue weighted by molar-refractivity contribution is 7.10. The molecule has 2 N–H and O–H groups in total. The van der Waals surface area contributed by atoms with Gasteiger partial charge >= 0.3 is 0 Å². The number of pyridine rings is 1. The van der Waals surface area contributed by atoms with Gasteiger partial charge in [0.2, 0.25) is 0 Å². The number of rotatable bonds is 3. The summed E-state index contributed by atoms with van der Waals surface area (Å²) in [4.78, 5) is 19.1. The molecule has 0 aliphatic carbocycles. The molecule has 0 spiro atoms. The van der Waals surface area contributed by atoms with Crippen LogP contribution in [-0.4, -0.2) is 22.8 Å². The molecule has 0 radical (unpaired) electrons. The van der Waals surface area contributed by atoms with Crippen molar-refractivity contribution in [3.8, 4) is 0 Å². The third-order valence-electron chi connectivity index (χ3n) is 2.85. The van der Waals surface area contributed by atoms with Crippen LogP contribution in [0.5, 0.6) is 0 Å². The van der Waals surface area contributed by atoms with Gasteiger partial charge in [-0.1, -0.05) is 12.1 Å². The van der Waals surface area contributed by atoms with E-state index < -0.39 is 0 Å². The highest BCUT2D eigenvalue weighted by atomic mass is 32.1. The van der Waals surface area contributed by atoms with Crippen molar-refractivity contribution in [2.24, 2.45) is 0 Å². The van der Waals surface area contributed by atoms with Crippen LogP contribution < -0.4 is 5.73 Å². The summed E-state index contributed by atoms with van der Waals surface area (Å²) in [6.07, 6.45) is 0. The maximum absolute atomic E-state index is 12.2. The van der Waals surface area contributed by atoms with E-state index in [2.05, 4.69) is 4.98 Å². The summed E-state index contributed by atoms with van der Waals surface area (Å²) in [5.74, 6) is 0.237. The second-order valence-corrected chi connectivity index (χ2v) is 5.03. The lowest BCUT2D eigenvalue weighted by Crippen LogP contribution is -2.30. The Hall–Kier alpha value is -1.88. The standard InChI is InChI=1S/C13H15N3OS/c1-9(11-6-4-8-18-11)16(2)13(17)10-5-3-7-12(14)15-10/h3-9H,1-2H3,(H2,14,15). The van der Waals surface area contributed by atoms with E-state index in [-0.39, 0.29) is 11.9 Å². The molecular formula is C13H15N3OS. The molecule has 0 aromatic carbocycles. The first-order chi connectivity index (χ1) is 8.59. The fraction of sp³-hybridized carbons (Fsp3) is 0.231. The number of carbonyl (C=O) groups is 1.